The summed E-state index contributed by atoms with van der Waals surface area (Å²) in [6, 6.07) is 5.87. The number of rotatable bonds is 6. The van der Waals surface area contributed by atoms with Gasteiger partial charge in [-0.2, -0.15) is 0 Å². The van der Waals surface area contributed by atoms with Crippen LogP contribution in [-0.4, -0.2) is 46.7 Å². The van der Waals surface area contributed by atoms with E-state index in [1.807, 2.05) is 18.2 Å². The number of nitrogens with one attached hydrogen (secondary N) is 2. The lowest BCUT2D eigenvalue weighted by Gasteiger charge is -2.33. The van der Waals surface area contributed by atoms with Crippen LogP contribution in [0, 0.1) is 5.92 Å². The lowest BCUT2D eigenvalue weighted by molar-refractivity contribution is 0.415. The molecular formula is C20H25BrN6O. The van der Waals surface area contributed by atoms with E-state index in [1.165, 1.54) is 5.56 Å². The van der Waals surface area contributed by atoms with E-state index in [1.54, 1.807) is 13.4 Å². The molecule has 0 spiro atoms. The molecule has 0 radical (unpaired) electrons. The van der Waals surface area contributed by atoms with Crippen LogP contribution in [0.5, 0.6) is 5.75 Å². The van der Waals surface area contributed by atoms with Gasteiger partial charge in [-0.3, -0.25) is 0 Å². The van der Waals surface area contributed by atoms with E-state index in [-0.39, 0.29) is 0 Å². The van der Waals surface area contributed by atoms with E-state index in [0.29, 0.717) is 5.92 Å². The Bertz CT molecular complexity index is 951. The number of halogens is 1. The minimum absolute atomic E-state index is 0.620. The van der Waals surface area contributed by atoms with Crippen LogP contribution in [0.2, 0.25) is 0 Å². The number of fused-ring (bicyclic) bond motifs is 1. The summed E-state index contributed by atoms with van der Waals surface area (Å²) in [5.74, 6) is 3.34. The number of piperidine rings is 1. The van der Waals surface area contributed by atoms with E-state index >= 15 is 0 Å². The summed E-state index contributed by atoms with van der Waals surface area (Å²) in [6.45, 7) is 5.09. The fourth-order valence-electron chi connectivity index (χ4n) is 3.75. The molecule has 8 heteroatoms. The number of methoxy groups -OCH3 is 1. The summed E-state index contributed by atoms with van der Waals surface area (Å²) >= 11 is 3.55. The van der Waals surface area contributed by atoms with Crippen LogP contribution >= 0.6 is 15.9 Å². The number of H-pyrrole nitrogens is 1. The molecule has 3 aromatic rings. The van der Waals surface area contributed by atoms with Crippen LogP contribution in [0.4, 0.5) is 11.8 Å². The van der Waals surface area contributed by atoms with Gasteiger partial charge in [0, 0.05) is 31.3 Å². The fraction of sp³-hybridized carbons (Fsp3) is 0.450. The minimum atomic E-state index is 0.620. The maximum atomic E-state index is 5.27. The average Bonchev–Trinajstić information content (AvgIpc) is 3.14. The first-order chi connectivity index (χ1) is 13.7. The maximum Gasteiger partial charge on any atom is 0.201 e. The zero-order chi connectivity index (χ0) is 19.5. The molecule has 1 fully saturated rings. The van der Waals surface area contributed by atoms with Crippen molar-refractivity contribution in [3.8, 4) is 5.75 Å². The van der Waals surface area contributed by atoms with Gasteiger partial charge in [-0.05, 0) is 53.2 Å². The molecule has 0 aliphatic carbocycles. The second-order valence-electron chi connectivity index (χ2n) is 7.10. The van der Waals surface area contributed by atoms with Crippen molar-refractivity contribution in [2.45, 2.75) is 26.2 Å². The predicted molar refractivity (Wildman–Crippen MR) is 115 cm³/mol. The summed E-state index contributed by atoms with van der Waals surface area (Å²) in [5.41, 5.74) is 3.12. The van der Waals surface area contributed by atoms with Crippen molar-refractivity contribution in [1.29, 1.82) is 0 Å². The van der Waals surface area contributed by atoms with Gasteiger partial charge in [-0.1, -0.05) is 6.92 Å². The van der Waals surface area contributed by atoms with E-state index in [2.05, 4.69) is 53.0 Å². The standard InChI is InChI=1S/C20H25BrN6O/c1-3-15-18(21)23-12-24-19(15)27-8-6-13(7-9-27)11-22-20-25-16-5-4-14(28-2)10-17(16)26-20/h4-5,10,12-13H,3,6-9,11H2,1-2H3,(H2,22,25,26). The van der Waals surface area contributed by atoms with Gasteiger partial charge in [0.25, 0.3) is 0 Å². The van der Waals surface area contributed by atoms with Crippen LogP contribution in [0.25, 0.3) is 11.0 Å². The van der Waals surface area contributed by atoms with Crippen molar-refractivity contribution in [1.82, 2.24) is 19.9 Å². The van der Waals surface area contributed by atoms with Crippen molar-refractivity contribution < 1.29 is 4.74 Å². The molecule has 4 rings (SSSR count). The molecule has 28 heavy (non-hydrogen) atoms. The van der Waals surface area contributed by atoms with Gasteiger partial charge < -0.3 is 19.9 Å². The lowest BCUT2D eigenvalue weighted by Crippen LogP contribution is -2.37. The quantitative estimate of drug-likeness (QED) is 0.559. The number of aromatic nitrogens is 4. The Morgan fingerprint density at radius 3 is 2.86 bits per heavy atom. The van der Waals surface area contributed by atoms with Crippen molar-refractivity contribution in [3.05, 3.63) is 34.7 Å². The third kappa shape index (κ3) is 3.92. The molecule has 148 valence electrons. The van der Waals surface area contributed by atoms with Crippen molar-refractivity contribution in [2.75, 3.05) is 37.0 Å². The van der Waals surface area contributed by atoms with E-state index in [9.17, 15) is 0 Å². The molecule has 3 heterocycles. The monoisotopic (exact) mass is 444 g/mol. The van der Waals surface area contributed by atoms with E-state index in [4.69, 9.17) is 4.74 Å². The van der Waals surface area contributed by atoms with Crippen LogP contribution < -0.4 is 15.0 Å². The average molecular weight is 445 g/mol. The second kappa shape index (κ2) is 8.34. The Kier molecular flexibility index (Phi) is 5.66. The molecule has 0 saturated carbocycles. The zero-order valence-electron chi connectivity index (χ0n) is 16.2. The van der Waals surface area contributed by atoms with Gasteiger partial charge >= 0.3 is 0 Å². The first-order valence-electron chi connectivity index (χ1n) is 9.70. The number of hydrogen-bond acceptors (Lipinski definition) is 6. The molecular weight excluding hydrogens is 420 g/mol. The second-order valence-corrected chi connectivity index (χ2v) is 7.85. The van der Waals surface area contributed by atoms with Crippen LogP contribution in [0.1, 0.15) is 25.3 Å². The number of nitrogens with zero attached hydrogens (tertiary/aromatic N) is 4. The Labute approximate surface area is 173 Å². The van der Waals surface area contributed by atoms with Crippen LogP contribution in [-0.2, 0) is 6.42 Å². The Balaban J connectivity index is 1.34. The number of benzene rings is 1. The van der Waals surface area contributed by atoms with Crippen molar-refractivity contribution in [3.63, 3.8) is 0 Å². The lowest BCUT2D eigenvalue weighted by atomic mass is 9.96. The first kappa shape index (κ1) is 19.0. The highest BCUT2D eigenvalue weighted by Crippen LogP contribution is 2.28. The van der Waals surface area contributed by atoms with Crippen LogP contribution in [0.3, 0.4) is 0 Å². The predicted octanol–water partition coefficient (Wildman–Crippen LogP) is 4.01. The molecule has 1 saturated heterocycles. The number of hydrogen-bond donors (Lipinski definition) is 2. The molecule has 7 nitrogen and oxygen atoms in total. The van der Waals surface area contributed by atoms with Crippen LogP contribution in [0.15, 0.2) is 29.1 Å². The van der Waals surface area contributed by atoms with Gasteiger partial charge in [-0.15, -0.1) is 0 Å². The van der Waals surface area contributed by atoms with Gasteiger partial charge in [0.1, 0.15) is 22.5 Å². The number of anilines is 2. The summed E-state index contributed by atoms with van der Waals surface area (Å²) in [5, 5.41) is 3.47. The van der Waals surface area contributed by atoms with E-state index < -0.39 is 0 Å². The van der Waals surface area contributed by atoms with Gasteiger partial charge in [0.15, 0.2) is 0 Å². The molecule has 2 aromatic heterocycles. The largest absolute Gasteiger partial charge is 0.497 e. The fourth-order valence-corrected chi connectivity index (χ4v) is 4.30. The van der Waals surface area contributed by atoms with Gasteiger partial charge in [0.05, 0.1) is 18.1 Å². The molecule has 0 bridgehead atoms. The molecule has 2 N–H and O–H groups in total. The normalized spacial score (nSPS) is 15.2. The molecule has 0 unspecified atom stereocenters. The minimum Gasteiger partial charge on any atom is -0.497 e. The Hall–Kier alpha value is -2.35. The molecule has 0 amide bonds. The summed E-state index contributed by atoms with van der Waals surface area (Å²) in [4.78, 5) is 19.1. The molecule has 1 aliphatic heterocycles. The molecule has 1 aliphatic rings. The third-order valence-corrected chi connectivity index (χ3v) is 6.07. The van der Waals surface area contributed by atoms with Gasteiger partial charge in [0.2, 0.25) is 5.95 Å². The van der Waals surface area contributed by atoms with Gasteiger partial charge in [-0.25, -0.2) is 15.0 Å². The molecule has 0 atom stereocenters. The highest BCUT2D eigenvalue weighted by molar-refractivity contribution is 9.10. The van der Waals surface area contributed by atoms with E-state index in [0.717, 1.165) is 72.0 Å². The number of ether oxygens (including phenoxy) is 1. The first-order valence-corrected chi connectivity index (χ1v) is 10.5. The molecule has 1 aromatic carbocycles. The third-order valence-electron chi connectivity index (χ3n) is 5.38. The van der Waals surface area contributed by atoms with Crippen molar-refractivity contribution in [2.24, 2.45) is 5.92 Å². The Morgan fingerprint density at radius 2 is 2.11 bits per heavy atom. The summed E-state index contributed by atoms with van der Waals surface area (Å²) < 4.78 is 6.18. The summed E-state index contributed by atoms with van der Waals surface area (Å²) in [6.07, 6.45) is 4.83. The Morgan fingerprint density at radius 1 is 1.29 bits per heavy atom. The maximum absolute atomic E-state index is 5.27. The SMILES string of the molecule is CCc1c(Br)ncnc1N1CCC(CNc2nc3ccc(OC)cc3[nH]2)CC1. The highest BCUT2D eigenvalue weighted by atomic mass is 79.9. The summed E-state index contributed by atoms with van der Waals surface area (Å²) in [7, 11) is 1.67. The number of imidazole rings is 1. The topological polar surface area (TPSA) is 79.0 Å². The smallest absolute Gasteiger partial charge is 0.201 e. The highest BCUT2D eigenvalue weighted by Gasteiger charge is 2.23. The number of aromatic amines is 1. The zero-order valence-corrected chi connectivity index (χ0v) is 17.8. The van der Waals surface area contributed by atoms with Crippen molar-refractivity contribution >= 4 is 38.7 Å².